The molecule has 0 aliphatic heterocycles. The summed E-state index contributed by atoms with van der Waals surface area (Å²) in [5.74, 6) is 0. The Labute approximate surface area is 87.4 Å². The molecule has 3 heteroatoms. The van der Waals surface area contributed by atoms with Crippen molar-refractivity contribution in [2.45, 2.75) is 38.5 Å². The van der Waals surface area contributed by atoms with Crippen LogP contribution < -0.4 is 0 Å². The Morgan fingerprint density at radius 2 is 1.36 bits per heavy atom. The van der Waals surface area contributed by atoms with Crippen LogP contribution in [0.4, 0.5) is 0 Å². The Morgan fingerprint density at radius 3 is 1.93 bits per heavy atom. The second-order valence-corrected chi connectivity index (χ2v) is 3.43. The first kappa shape index (κ1) is 13.9. The summed E-state index contributed by atoms with van der Waals surface area (Å²) in [6, 6.07) is 0. The molecular formula is C11H23O3. The summed E-state index contributed by atoms with van der Waals surface area (Å²) in [6.07, 6.45) is 6.24. The zero-order valence-corrected chi connectivity index (χ0v) is 9.30. The lowest BCUT2D eigenvalue weighted by Crippen LogP contribution is -1.98. The monoisotopic (exact) mass is 203 g/mol. The van der Waals surface area contributed by atoms with Crippen LogP contribution >= 0.6 is 0 Å². The van der Waals surface area contributed by atoms with E-state index in [1.165, 1.54) is 6.42 Å². The molecule has 0 N–H and O–H groups in total. The van der Waals surface area contributed by atoms with Gasteiger partial charge in [-0.15, -0.1) is 0 Å². The summed E-state index contributed by atoms with van der Waals surface area (Å²) in [6.45, 7) is 2.56. The number of unbranched alkanes of at least 4 members (excludes halogenated alkanes) is 4. The van der Waals surface area contributed by atoms with E-state index in [-0.39, 0.29) is 6.61 Å². The third-order valence-corrected chi connectivity index (χ3v) is 2.07. The third kappa shape index (κ3) is 11.9. The minimum Gasteiger partial charge on any atom is -0.385 e. The predicted octanol–water partition coefficient (Wildman–Crippen LogP) is 2.42. The van der Waals surface area contributed by atoms with E-state index in [0.717, 1.165) is 51.9 Å². The van der Waals surface area contributed by atoms with Crippen LogP contribution in [0.5, 0.6) is 0 Å². The summed E-state index contributed by atoms with van der Waals surface area (Å²) in [5, 5.41) is 10.1. The molecule has 0 unspecified atom stereocenters. The van der Waals surface area contributed by atoms with Crippen molar-refractivity contribution in [3.8, 4) is 0 Å². The summed E-state index contributed by atoms with van der Waals surface area (Å²) >= 11 is 0. The van der Waals surface area contributed by atoms with Gasteiger partial charge >= 0.3 is 0 Å². The second kappa shape index (κ2) is 12.9. The van der Waals surface area contributed by atoms with Gasteiger partial charge in [0.2, 0.25) is 0 Å². The Hall–Kier alpha value is -0.120. The smallest absolute Gasteiger partial charge is 0.0822 e. The van der Waals surface area contributed by atoms with Crippen molar-refractivity contribution in [2.24, 2.45) is 0 Å². The van der Waals surface area contributed by atoms with Crippen LogP contribution in [-0.4, -0.2) is 33.5 Å². The van der Waals surface area contributed by atoms with Gasteiger partial charge in [0, 0.05) is 26.9 Å². The Balaban J connectivity index is 2.78. The fourth-order valence-corrected chi connectivity index (χ4v) is 1.21. The molecule has 3 nitrogen and oxygen atoms in total. The summed E-state index contributed by atoms with van der Waals surface area (Å²) in [4.78, 5) is 0. The van der Waals surface area contributed by atoms with Crippen molar-refractivity contribution in [3.05, 3.63) is 0 Å². The van der Waals surface area contributed by atoms with Gasteiger partial charge in [0.25, 0.3) is 0 Å². The molecule has 1 radical (unpaired) electrons. The van der Waals surface area contributed by atoms with Crippen molar-refractivity contribution in [3.63, 3.8) is 0 Å². The molecule has 0 heterocycles. The zero-order chi connectivity index (χ0) is 10.5. The first-order valence-corrected chi connectivity index (χ1v) is 5.56. The van der Waals surface area contributed by atoms with Crippen molar-refractivity contribution in [1.82, 2.24) is 0 Å². The molecule has 0 aromatic carbocycles. The maximum atomic E-state index is 10.1. The van der Waals surface area contributed by atoms with Gasteiger partial charge in [-0.2, -0.15) is 0 Å². The van der Waals surface area contributed by atoms with E-state index < -0.39 is 0 Å². The van der Waals surface area contributed by atoms with Gasteiger partial charge in [-0.25, -0.2) is 5.11 Å². The molecule has 0 aliphatic carbocycles. The molecule has 0 saturated heterocycles. The molecule has 0 aliphatic rings. The molecule has 14 heavy (non-hydrogen) atoms. The Kier molecular flexibility index (Phi) is 12.8. The fraction of sp³-hybridized carbons (Fsp3) is 1.00. The van der Waals surface area contributed by atoms with Gasteiger partial charge in [0.1, 0.15) is 0 Å². The van der Waals surface area contributed by atoms with Crippen molar-refractivity contribution in [1.29, 1.82) is 0 Å². The van der Waals surface area contributed by atoms with E-state index in [1.54, 1.807) is 7.11 Å². The molecule has 0 saturated carbocycles. The van der Waals surface area contributed by atoms with Crippen molar-refractivity contribution in [2.75, 3.05) is 33.5 Å². The number of rotatable bonds is 11. The van der Waals surface area contributed by atoms with Gasteiger partial charge in [-0.3, -0.25) is 0 Å². The van der Waals surface area contributed by atoms with Crippen LogP contribution in [0, 0.1) is 0 Å². The van der Waals surface area contributed by atoms with Crippen molar-refractivity contribution < 1.29 is 14.6 Å². The van der Waals surface area contributed by atoms with Crippen molar-refractivity contribution >= 4 is 0 Å². The van der Waals surface area contributed by atoms with Gasteiger partial charge < -0.3 is 9.47 Å². The fourth-order valence-electron chi connectivity index (χ4n) is 1.21. The van der Waals surface area contributed by atoms with Crippen LogP contribution in [0.25, 0.3) is 0 Å². The lowest BCUT2D eigenvalue weighted by molar-refractivity contribution is 0.119. The van der Waals surface area contributed by atoms with Gasteiger partial charge in [0.05, 0.1) is 6.61 Å². The summed E-state index contributed by atoms with van der Waals surface area (Å²) in [7, 11) is 1.73. The van der Waals surface area contributed by atoms with Crippen LogP contribution in [0.3, 0.4) is 0 Å². The molecule has 0 amide bonds. The van der Waals surface area contributed by atoms with Crippen LogP contribution in [0.15, 0.2) is 0 Å². The van der Waals surface area contributed by atoms with E-state index in [0.29, 0.717) is 0 Å². The molecule has 0 rings (SSSR count). The molecule has 85 valence electrons. The number of hydrogen-bond donors (Lipinski definition) is 0. The zero-order valence-electron chi connectivity index (χ0n) is 9.30. The molecule has 0 atom stereocenters. The first-order valence-electron chi connectivity index (χ1n) is 5.56. The second-order valence-electron chi connectivity index (χ2n) is 3.43. The lowest BCUT2D eigenvalue weighted by atomic mass is 10.2. The highest BCUT2D eigenvalue weighted by Gasteiger charge is 1.91. The standard InChI is InChI=1S/C11H23O3/c1-13-9-5-3-7-11-14-10-6-2-4-8-12/h2-11H2,1H3. The molecule has 0 spiro atoms. The van der Waals surface area contributed by atoms with Gasteiger partial charge in [-0.1, -0.05) is 0 Å². The van der Waals surface area contributed by atoms with E-state index in [1.807, 2.05) is 0 Å². The van der Waals surface area contributed by atoms with Crippen LogP contribution in [0.2, 0.25) is 0 Å². The molecule has 0 aromatic rings. The normalized spacial score (nSPS) is 10.7. The van der Waals surface area contributed by atoms with Gasteiger partial charge in [-0.05, 0) is 38.5 Å². The maximum absolute atomic E-state index is 10.1. The average Bonchev–Trinajstić information content (AvgIpc) is 2.21. The number of hydrogen-bond acceptors (Lipinski definition) is 2. The highest BCUT2D eigenvalue weighted by Crippen LogP contribution is 1.98. The van der Waals surface area contributed by atoms with E-state index in [4.69, 9.17) is 9.47 Å². The summed E-state index contributed by atoms with van der Waals surface area (Å²) < 4.78 is 10.4. The predicted molar refractivity (Wildman–Crippen MR) is 56.0 cm³/mol. The molecular weight excluding hydrogens is 180 g/mol. The first-order chi connectivity index (χ1) is 6.91. The number of ether oxygens (including phenoxy) is 2. The molecule has 0 aromatic heterocycles. The average molecular weight is 203 g/mol. The van der Waals surface area contributed by atoms with Crippen LogP contribution in [0.1, 0.15) is 38.5 Å². The highest BCUT2D eigenvalue weighted by atomic mass is 16.5. The Bertz CT molecular complexity index is 84.5. The highest BCUT2D eigenvalue weighted by molar-refractivity contribution is 4.42. The summed E-state index contributed by atoms with van der Waals surface area (Å²) in [5.41, 5.74) is 0. The topological polar surface area (TPSA) is 38.4 Å². The largest absolute Gasteiger partial charge is 0.385 e. The molecule has 0 bridgehead atoms. The maximum Gasteiger partial charge on any atom is 0.0822 e. The number of methoxy groups -OCH3 is 1. The van der Waals surface area contributed by atoms with Gasteiger partial charge in [0.15, 0.2) is 0 Å². The third-order valence-electron chi connectivity index (χ3n) is 2.07. The van der Waals surface area contributed by atoms with E-state index in [9.17, 15) is 5.11 Å². The molecule has 0 fully saturated rings. The lowest BCUT2D eigenvalue weighted by Gasteiger charge is -2.03. The quantitative estimate of drug-likeness (QED) is 0.484. The van der Waals surface area contributed by atoms with E-state index >= 15 is 0 Å². The van der Waals surface area contributed by atoms with E-state index in [2.05, 4.69) is 0 Å². The minimum atomic E-state index is 0.0526. The van der Waals surface area contributed by atoms with Crippen LogP contribution in [-0.2, 0) is 14.6 Å². The SMILES string of the molecule is COCCCCCOCCCCC[O]. The Morgan fingerprint density at radius 1 is 0.786 bits per heavy atom. The minimum absolute atomic E-state index is 0.0526.